The first-order chi connectivity index (χ1) is 44.1. The molecule has 8 unspecified atom stereocenters. The van der Waals surface area contributed by atoms with Crippen LogP contribution in [0.3, 0.4) is 0 Å². The number of likely N-dealkylation sites (N-methyl/N-ethyl adjacent to an activating group) is 4. The van der Waals surface area contributed by atoms with E-state index in [0.29, 0.717) is 41.9 Å². The number of rotatable bonds is 10. The van der Waals surface area contributed by atoms with Crippen molar-refractivity contribution in [1.29, 1.82) is 0 Å². The summed E-state index contributed by atoms with van der Waals surface area (Å²) in [4.78, 5) is 18.8. The monoisotopic (exact) mass is 1690 g/mol. The summed E-state index contributed by atoms with van der Waals surface area (Å²) < 4.78 is 0. The number of carbonyl (C=O) groups is 1. The number of carbonyl (C=O) groups excluding carboxylic acids is 1. The number of fused-ring (bicyclic) bond motifs is 4. The van der Waals surface area contributed by atoms with Crippen LogP contribution in [-0.2, 0) is 118 Å². The van der Waals surface area contributed by atoms with Crippen molar-refractivity contribution in [3.8, 4) is 0 Å². The van der Waals surface area contributed by atoms with Crippen molar-refractivity contribution >= 4 is 28.5 Å². The molecule has 591 valence electrons. The summed E-state index contributed by atoms with van der Waals surface area (Å²) in [5.41, 5.74) is 37.0. The van der Waals surface area contributed by atoms with Crippen LogP contribution >= 0.6 is 0 Å². The first kappa shape index (κ1) is 102. The molecule has 1 saturated heterocycles. The summed E-state index contributed by atoms with van der Waals surface area (Å²) in [6, 6.07) is 42.4. The van der Waals surface area contributed by atoms with Crippen LogP contribution in [0, 0.1) is 0 Å². The summed E-state index contributed by atoms with van der Waals surface area (Å²) in [6.45, 7) is 14.8. The van der Waals surface area contributed by atoms with Gasteiger partial charge < -0.3 is 85.9 Å². The molecule has 0 bridgehead atoms. The SMILES string of the molecule is C1CCC2[N-]CC[N-]C3CCCCC3[N-]CC[N-]C2C1.CC(=O)c1ccccn1.CN(C)CCN(C)C.CNC(C)C(C)NC.[Cu+2].[Cu+2].[Cu+2].[Cu+2].[Cu].[HH].[HH].[HH].[HH].[HH].[HH].[HH].[HH].[NH-]C(c1ccccc1)C([NH-])c1ccccc1.[NH-][C@@H]1CCCC[C@@H]1[NH-].[Ni].[Ni].c1ccc2c(c1)[N-]CCC[N-]c1ccccc1[N-]CCC[N-]2. The predicted molar refractivity (Wildman–Crippen MR) is 406 cm³/mol. The van der Waals surface area contributed by atoms with Gasteiger partial charge in [-0.2, -0.15) is 85.2 Å². The maximum absolute atomic E-state index is 10.6. The Labute approximate surface area is 677 Å². The van der Waals surface area contributed by atoms with Gasteiger partial charge in [0.1, 0.15) is 5.69 Å². The number of pyridine rings is 1. The molecule has 4 aromatic carbocycles. The quantitative estimate of drug-likeness (QED) is 0.101. The molecule has 3 aliphatic carbocycles. The molecule has 6 N–H and O–H groups in total. The van der Waals surface area contributed by atoms with Gasteiger partial charge in [0.15, 0.2) is 5.78 Å². The predicted octanol–water partition coefficient (Wildman–Crippen LogP) is 20.8. The molecule has 4 fully saturated rings. The fourth-order valence-corrected chi connectivity index (χ4v) is 10.6. The first-order valence-corrected chi connectivity index (χ1v) is 33.7. The Morgan fingerprint density at radius 1 is 0.459 bits per heavy atom. The van der Waals surface area contributed by atoms with Gasteiger partial charge in [0.25, 0.3) is 0 Å². The Morgan fingerprint density at radius 3 is 0.969 bits per heavy atom. The zero-order valence-corrected chi connectivity index (χ0v) is 65.6. The topological polar surface area (TPSA) is 268 Å². The van der Waals surface area contributed by atoms with E-state index in [1.807, 2.05) is 123 Å². The van der Waals surface area contributed by atoms with Gasteiger partial charge in [-0.05, 0) is 68.3 Å². The van der Waals surface area contributed by atoms with E-state index in [9.17, 15) is 4.79 Å². The second kappa shape index (κ2) is 63.5. The summed E-state index contributed by atoms with van der Waals surface area (Å²) in [5, 5.41) is 44.5. The Balaban J connectivity index is -0.0000000985. The number of nitrogens with one attached hydrogen (secondary N) is 6. The first-order valence-electron chi connectivity index (χ1n) is 33.7. The van der Waals surface area contributed by atoms with Crippen molar-refractivity contribution in [3.63, 3.8) is 0 Å². The Hall–Kier alpha value is -2.00. The molecule has 5 aliphatic rings. The van der Waals surface area contributed by atoms with Crippen molar-refractivity contribution < 1.29 is 135 Å². The van der Waals surface area contributed by atoms with Gasteiger partial charge in [-0.3, -0.25) is 9.78 Å². The van der Waals surface area contributed by atoms with Crippen LogP contribution in [0.4, 0.5) is 22.7 Å². The molecule has 2 aliphatic heterocycles. The average Bonchev–Trinajstić information content (AvgIpc) is 0.858. The van der Waals surface area contributed by atoms with Crippen LogP contribution in [0.15, 0.2) is 134 Å². The molecule has 3 saturated carbocycles. The molecule has 10 atom stereocenters. The van der Waals surface area contributed by atoms with Gasteiger partial charge in [0.2, 0.25) is 0 Å². The van der Waals surface area contributed by atoms with Crippen molar-refractivity contribution in [3.05, 3.63) is 216 Å². The molecule has 1 aromatic heterocycles. The fourth-order valence-electron chi connectivity index (χ4n) is 10.6. The minimum Gasteiger partial charge on any atom is -0.685 e. The number of Topliss-reactive ketones (excluding diaryl/α,β-unsaturated/α-hetero) is 1. The number of nitrogens with zero attached hydrogens (tertiary/aromatic N) is 11. The third kappa shape index (κ3) is 44.0. The molecule has 98 heavy (non-hydrogen) atoms. The van der Waals surface area contributed by atoms with E-state index in [-0.39, 0.29) is 148 Å². The zero-order chi connectivity index (χ0) is 65.9. The van der Waals surface area contributed by atoms with E-state index in [2.05, 4.69) is 88.7 Å². The van der Waals surface area contributed by atoms with Gasteiger partial charge in [0.05, 0.1) is 0 Å². The minimum absolute atomic E-state index is 0. The van der Waals surface area contributed by atoms with E-state index in [1.165, 1.54) is 71.1 Å². The van der Waals surface area contributed by atoms with Gasteiger partial charge in [-0.25, -0.2) is 0 Å². The third-order valence-corrected chi connectivity index (χ3v) is 16.7. The van der Waals surface area contributed by atoms with E-state index in [4.69, 9.17) is 44.2 Å². The molecule has 25 heteroatoms. The number of hydrogen-bond acceptors (Lipinski definition) is 6. The minimum atomic E-state index is -0.524. The van der Waals surface area contributed by atoms with Crippen LogP contribution in [0.5, 0.6) is 0 Å². The Kier molecular flexibility index (Phi) is 66.3. The molecule has 0 amide bonds. The van der Waals surface area contributed by atoms with Crippen LogP contribution in [-0.4, -0.2) is 177 Å². The summed E-state index contributed by atoms with van der Waals surface area (Å²) in [7, 11) is 12.3. The molecule has 5 radical (unpaired) electrons. The van der Waals surface area contributed by atoms with Crippen LogP contribution in [0.2, 0.25) is 0 Å². The number of ketones is 1. The average molecular weight is 1700 g/mol. The van der Waals surface area contributed by atoms with Crippen LogP contribution in [0.25, 0.3) is 65.5 Å². The third-order valence-electron chi connectivity index (χ3n) is 16.7. The van der Waals surface area contributed by atoms with Gasteiger partial charge in [-0.1, -0.05) is 216 Å². The molecular weight excluding hydrogens is 1570 g/mol. The van der Waals surface area contributed by atoms with Crippen molar-refractivity contribution in [2.75, 3.05) is 108 Å². The molecule has 18 nitrogen and oxygen atoms in total. The second-order valence-corrected chi connectivity index (χ2v) is 24.5. The van der Waals surface area contributed by atoms with Crippen molar-refractivity contribution in [1.82, 2.24) is 25.4 Å². The largest absolute Gasteiger partial charge is 2.00 e. The standard InChI is InChI=1S/C18H20N4.C16H28N4.C14H14N2.C7H7NO.C6H12N2.2C6H16N2.5Cu.2Ni.8H2/c1-2-8-16-15(7-1)19-11-5-13-21-17-9-3-4-10-18(17)22-14-6-12-20-16;1-2-6-14-13(5-1)17-9-10-19-15-7-3-4-8-16(15)20-12-11-18-14;15-13(11-7-3-1-4-8-11)14(16)12-9-5-2-6-10-12;1-6(9)7-4-2-3-5-8-7;7-5-3-1-2-4-6(5)8;1-7(2)5-6-8(3)4;1-5(7-3)6(2)8-4;;;;;;;;;;;;;;;/h1-4,7-10H,5-6,11-14H2;13-16H,1-12H2;1-10,13-16H;2-5H,1H3;5-8H,1-4H2;5-6H2,1-4H3;5-8H,1-4H3;;;;;;;;8*1H/q2*-4;-2;;-2;;;;4*+2;;;;;;;;;;/t;;;;5-,6+;;;;;;;;;;;;;;;;;. The number of para-hydroxylation sites is 4. The summed E-state index contributed by atoms with van der Waals surface area (Å²) in [6.07, 6.45) is 18.0. The summed E-state index contributed by atoms with van der Waals surface area (Å²) >= 11 is 0. The van der Waals surface area contributed by atoms with Gasteiger partial charge in [0, 0.05) is 99.8 Å². The number of hydrogen-bond donors (Lipinski definition) is 2. The van der Waals surface area contributed by atoms with Crippen LogP contribution < -0.4 is 10.6 Å². The van der Waals surface area contributed by atoms with Crippen molar-refractivity contribution in [2.45, 2.75) is 171 Å². The fraction of sp³-hybridized carbons (Fsp3) is 0.589. The van der Waals surface area contributed by atoms with Gasteiger partial charge in [-0.15, -0.1) is 38.3 Å². The molecule has 0 spiro atoms. The maximum atomic E-state index is 10.6. The second-order valence-electron chi connectivity index (χ2n) is 24.5. The maximum Gasteiger partial charge on any atom is 2.00 e. The van der Waals surface area contributed by atoms with Gasteiger partial charge >= 0.3 is 68.3 Å². The van der Waals surface area contributed by atoms with E-state index >= 15 is 0 Å². The zero-order valence-electron chi connectivity index (χ0n) is 58.9. The normalized spacial score (nSPS) is 20.6. The van der Waals surface area contributed by atoms with Crippen LogP contribution in [0.1, 0.15) is 156 Å². The van der Waals surface area contributed by atoms with Crippen molar-refractivity contribution in [2.24, 2.45) is 0 Å². The van der Waals surface area contributed by atoms with E-state index in [0.717, 1.165) is 125 Å². The molecule has 5 aromatic rings. The molecule has 3 heterocycles. The smallest absolute Gasteiger partial charge is 0.685 e. The van der Waals surface area contributed by atoms with E-state index in [1.54, 1.807) is 24.4 Å². The number of benzene rings is 4. The Morgan fingerprint density at radius 2 is 0.735 bits per heavy atom. The molecular formula is C73H129Cu5N17Ni2O-4. The Bertz CT molecular complexity index is 2420. The number of aromatic nitrogens is 1. The summed E-state index contributed by atoms with van der Waals surface area (Å²) in [5.74, 6) is 0.00981. The van der Waals surface area contributed by atoms with E-state index < -0.39 is 12.1 Å². The molecule has 10 rings (SSSR count).